The summed E-state index contributed by atoms with van der Waals surface area (Å²) in [5.74, 6) is -1.00. The number of fused-ring (bicyclic) bond motifs is 1. The SMILES string of the molecule is C[C@H](C(N)=O)S(=O)(=O)Cc1cccc2ccccc12. The van der Waals surface area contributed by atoms with E-state index in [2.05, 4.69) is 0 Å². The molecule has 2 N–H and O–H groups in total. The Kier molecular flexibility index (Phi) is 3.57. The van der Waals surface area contributed by atoms with E-state index in [0.29, 0.717) is 5.56 Å². The highest BCUT2D eigenvalue weighted by molar-refractivity contribution is 7.92. The first-order valence-electron chi connectivity index (χ1n) is 5.89. The molecule has 0 spiro atoms. The van der Waals surface area contributed by atoms with E-state index in [9.17, 15) is 13.2 Å². The van der Waals surface area contributed by atoms with Crippen LogP contribution in [0.1, 0.15) is 12.5 Å². The van der Waals surface area contributed by atoms with Gasteiger partial charge in [-0.2, -0.15) is 0 Å². The van der Waals surface area contributed by atoms with Crippen LogP contribution in [0.25, 0.3) is 10.8 Å². The van der Waals surface area contributed by atoms with Crippen molar-refractivity contribution in [3.05, 3.63) is 48.0 Å². The Morgan fingerprint density at radius 1 is 1.16 bits per heavy atom. The van der Waals surface area contributed by atoms with Gasteiger partial charge >= 0.3 is 0 Å². The third-order valence-electron chi connectivity index (χ3n) is 3.18. The van der Waals surface area contributed by atoms with Crippen LogP contribution in [0.2, 0.25) is 0 Å². The smallest absolute Gasteiger partial charge is 0.235 e. The summed E-state index contributed by atoms with van der Waals surface area (Å²) < 4.78 is 24.2. The minimum Gasteiger partial charge on any atom is -0.369 e. The second kappa shape index (κ2) is 5.01. The van der Waals surface area contributed by atoms with Gasteiger partial charge in [-0.05, 0) is 23.3 Å². The second-order valence-electron chi connectivity index (χ2n) is 4.49. The van der Waals surface area contributed by atoms with Crippen molar-refractivity contribution >= 4 is 26.5 Å². The number of amides is 1. The Morgan fingerprint density at radius 3 is 2.47 bits per heavy atom. The predicted molar refractivity (Wildman–Crippen MR) is 75.2 cm³/mol. The zero-order valence-electron chi connectivity index (χ0n) is 10.5. The standard InChI is InChI=1S/C14H15NO3S/c1-10(14(15)16)19(17,18)9-12-7-4-6-11-5-2-3-8-13(11)12/h2-8,10H,9H2,1H3,(H2,15,16)/t10-/m1/s1. The fourth-order valence-corrected chi connectivity index (χ4v) is 3.23. The first kappa shape index (κ1) is 13.5. The Morgan fingerprint density at radius 2 is 1.79 bits per heavy atom. The van der Waals surface area contributed by atoms with Gasteiger partial charge in [0.2, 0.25) is 5.91 Å². The average Bonchev–Trinajstić information content (AvgIpc) is 2.38. The molecule has 4 nitrogen and oxygen atoms in total. The molecule has 19 heavy (non-hydrogen) atoms. The molecule has 0 bridgehead atoms. The molecule has 2 aromatic carbocycles. The van der Waals surface area contributed by atoms with Crippen molar-refractivity contribution in [1.82, 2.24) is 0 Å². The average molecular weight is 277 g/mol. The lowest BCUT2D eigenvalue weighted by molar-refractivity contribution is -0.117. The van der Waals surface area contributed by atoms with Crippen LogP contribution in [0.15, 0.2) is 42.5 Å². The Labute approximate surface area is 112 Å². The van der Waals surface area contributed by atoms with Gasteiger partial charge in [-0.25, -0.2) is 8.42 Å². The van der Waals surface area contributed by atoms with Crippen molar-refractivity contribution in [1.29, 1.82) is 0 Å². The summed E-state index contributed by atoms with van der Waals surface area (Å²) >= 11 is 0. The molecule has 0 aliphatic heterocycles. The molecule has 100 valence electrons. The van der Waals surface area contributed by atoms with Crippen LogP contribution in [0.4, 0.5) is 0 Å². The zero-order valence-corrected chi connectivity index (χ0v) is 11.4. The largest absolute Gasteiger partial charge is 0.369 e. The first-order chi connectivity index (χ1) is 8.92. The van der Waals surface area contributed by atoms with Crippen LogP contribution in [0.3, 0.4) is 0 Å². The fraction of sp³-hybridized carbons (Fsp3) is 0.214. The third kappa shape index (κ3) is 2.76. The molecule has 1 atom stereocenters. The first-order valence-corrected chi connectivity index (χ1v) is 7.61. The molecule has 0 heterocycles. The van der Waals surface area contributed by atoms with Crippen LogP contribution >= 0.6 is 0 Å². The summed E-state index contributed by atoms with van der Waals surface area (Å²) in [5, 5.41) is 0.679. The topological polar surface area (TPSA) is 77.2 Å². The molecular formula is C14H15NO3S. The number of carbonyl (C=O) groups is 1. The van der Waals surface area contributed by atoms with Crippen molar-refractivity contribution < 1.29 is 13.2 Å². The molecule has 0 fully saturated rings. The lowest BCUT2D eigenvalue weighted by Crippen LogP contribution is -2.34. The van der Waals surface area contributed by atoms with Crippen molar-refractivity contribution in [3.63, 3.8) is 0 Å². The molecule has 0 aliphatic rings. The van der Waals surface area contributed by atoms with E-state index in [1.807, 2.05) is 36.4 Å². The van der Waals surface area contributed by atoms with E-state index in [4.69, 9.17) is 5.73 Å². The van der Waals surface area contributed by atoms with Gasteiger partial charge in [0.15, 0.2) is 9.84 Å². The van der Waals surface area contributed by atoms with Crippen LogP contribution in [-0.2, 0) is 20.4 Å². The van der Waals surface area contributed by atoms with Crippen LogP contribution in [0, 0.1) is 0 Å². The molecule has 0 aliphatic carbocycles. The molecule has 0 radical (unpaired) electrons. The van der Waals surface area contributed by atoms with E-state index in [1.165, 1.54) is 6.92 Å². The van der Waals surface area contributed by atoms with Gasteiger partial charge in [0.25, 0.3) is 0 Å². The molecule has 2 rings (SSSR count). The number of primary amides is 1. The second-order valence-corrected chi connectivity index (χ2v) is 6.81. The highest BCUT2D eigenvalue weighted by atomic mass is 32.2. The number of hydrogen-bond donors (Lipinski definition) is 1. The quantitative estimate of drug-likeness (QED) is 0.922. The van der Waals surface area contributed by atoms with Gasteiger partial charge in [-0.15, -0.1) is 0 Å². The highest BCUT2D eigenvalue weighted by Crippen LogP contribution is 2.21. The third-order valence-corrected chi connectivity index (χ3v) is 5.20. The van der Waals surface area contributed by atoms with E-state index < -0.39 is 21.0 Å². The summed E-state index contributed by atoms with van der Waals surface area (Å²) in [6.45, 7) is 1.32. The maximum Gasteiger partial charge on any atom is 0.235 e. The summed E-state index contributed by atoms with van der Waals surface area (Å²) in [4.78, 5) is 11.0. The normalized spacial score (nSPS) is 13.3. The number of nitrogens with two attached hydrogens (primary N) is 1. The Hall–Kier alpha value is -1.88. The van der Waals surface area contributed by atoms with Crippen LogP contribution in [-0.4, -0.2) is 19.6 Å². The minimum absolute atomic E-state index is 0.182. The highest BCUT2D eigenvalue weighted by Gasteiger charge is 2.26. The number of hydrogen-bond acceptors (Lipinski definition) is 3. The summed E-state index contributed by atoms with van der Waals surface area (Å²) in [7, 11) is -3.58. The van der Waals surface area contributed by atoms with E-state index in [0.717, 1.165) is 10.8 Å². The molecule has 0 unspecified atom stereocenters. The Bertz CT molecular complexity index is 717. The van der Waals surface area contributed by atoms with Gasteiger partial charge in [-0.1, -0.05) is 42.5 Å². The summed E-state index contributed by atoms with van der Waals surface area (Å²) in [6, 6.07) is 13.0. The summed E-state index contributed by atoms with van der Waals surface area (Å²) in [5.41, 5.74) is 5.76. The molecule has 1 amide bonds. The van der Waals surface area contributed by atoms with Gasteiger partial charge < -0.3 is 5.73 Å². The Balaban J connectivity index is 2.45. The fourth-order valence-electron chi connectivity index (χ4n) is 1.94. The minimum atomic E-state index is -3.58. The predicted octanol–water partition coefficient (Wildman–Crippen LogP) is 1.63. The number of sulfone groups is 1. The van der Waals surface area contributed by atoms with Gasteiger partial charge in [0, 0.05) is 0 Å². The van der Waals surface area contributed by atoms with Crippen LogP contribution < -0.4 is 5.73 Å². The summed E-state index contributed by atoms with van der Waals surface area (Å²) in [6.07, 6.45) is 0. The van der Waals surface area contributed by atoms with Crippen molar-refractivity contribution in [2.45, 2.75) is 17.9 Å². The van der Waals surface area contributed by atoms with Gasteiger partial charge in [-0.3, -0.25) is 4.79 Å². The number of carbonyl (C=O) groups excluding carboxylic acids is 1. The maximum atomic E-state index is 12.1. The maximum absolute atomic E-state index is 12.1. The lowest BCUT2D eigenvalue weighted by Gasteiger charge is -2.11. The monoisotopic (exact) mass is 277 g/mol. The number of benzene rings is 2. The lowest BCUT2D eigenvalue weighted by atomic mass is 10.1. The van der Waals surface area contributed by atoms with Crippen LogP contribution in [0.5, 0.6) is 0 Å². The van der Waals surface area contributed by atoms with Crippen molar-refractivity contribution in [2.75, 3.05) is 0 Å². The van der Waals surface area contributed by atoms with Gasteiger partial charge in [0.1, 0.15) is 5.25 Å². The molecule has 2 aromatic rings. The van der Waals surface area contributed by atoms with Crippen molar-refractivity contribution in [3.8, 4) is 0 Å². The molecule has 5 heteroatoms. The number of rotatable bonds is 4. The zero-order chi connectivity index (χ0) is 14.0. The van der Waals surface area contributed by atoms with Gasteiger partial charge in [0.05, 0.1) is 5.75 Å². The molecule has 0 saturated heterocycles. The molecular weight excluding hydrogens is 262 g/mol. The van der Waals surface area contributed by atoms with Crippen molar-refractivity contribution in [2.24, 2.45) is 5.73 Å². The molecule has 0 saturated carbocycles. The molecule has 0 aromatic heterocycles. The van der Waals surface area contributed by atoms with E-state index in [-0.39, 0.29) is 5.75 Å². The van der Waals surface area contributed by atoms with E-state index in [1.54, 1.807) is 6.07 Å². The van der Waals surface area contributed by atoms with E-state index >= 15 is 0 Å².